The van der Waals surface area contributed by atoms with E-state index in [0.717, 1.165) is 29.4 Å². The molecule has 1 N–H and O–H groups in total. The third kappa shape index (κ3) is 3.24. The van der Waals surface area contributed by atoms with E-state index >= 15 is 0 Å². The molecule has 3 nitrogen and oxygen atoms in total. The number of nitrogens with zero attached hydrogens (tertiary/aromatic N) is 1. The van der Waals surface area contributed by atoms with Gasteiger partial charge in [0, 0.05) is 35.8 Å². The van der Waals surface area contributed by atoms with Crippen LogP contribution in [0.4, 0.5) is 5.69 Å². The monoisotopic (exact) mass is 320 g/mol. The number of benzene rings is 1. The summed E-state index contributed by atoms with van der Waals surface area (Å²) in [6.45, 7) is 3.89. The van der Waals surface area contributed by atoms with E-state index in [1.807, 2.05) is 12.1 Å². The molecule has 1 heterocycles. The number of carbonyl (C=O) groups is 1. The summed E-state index contributed by atoms with van der Waals surface area (Å²) in [5.41, 5.74) is 2.25. The first-order valence-electron chi connectivity index (χ1n) is 8.51. The number of rotatable bonds is 4. The molecule has 1 atom stereocenters. The standard InChI is InChI=1S/C18H25ClN2O/c1-2-21-12-15(18-14(19)9-6-10-16(18)21)20-17(22)11-13-7-4-3-5-8-13/h6,9-10,13,15H,2-5,7-8,11-12H2,1H3,(H,20,22). The average Bonchev–Trinajstić information content (AvgIpc) is 2.87. The number of nitrogens with one attached hydrogen (secondary N) is 1. The summed E-state index contributed by atoms with van der Waals surface area (Å²) in [7, 11) is 0. The summed E-state index contributed by atoms with van der Waals surface area (Å²) in [5.74, 6) is 0.754. The van der Waals surface area contributed by atoms with Gasteiger partial charge in [-0.1, -0.05) is 36.9 Å². The van der Waals surface area contributed by atoms with Crippen LogP contribution in [-0.4, -0.2) is 19.0 Å². The van der Waals surface area contributed by atoms with Gasteiger partial charge in [0.05, 0.1) is 6.04 Å². The van der Waals surface area contributed by atoms with E-state index in [1.165, 1.54) is 32.1 Å². The van der Waals surface area contributed by atoms with Crippen molar-refractivity contribution in [2.75, 3.05) is 18.0 Å². The second kappa shape index (κ2) is 6.91. The Labute approximate surface area is 138 Å². The summed E-state index contributed by atoms with van der Waals surface area (Å²) in [5, 5.41) is 3.98. The molecule has 0 bridgehead atoms. The number of likely N-dealkylation sites (N-methyl/N-ethyl adjacent to an activating group) is 1. The first-order chi connectivity index (χ1) is 10.7. The SMILES string of the molecule is CCN1CC(NC(=O)CC2CCCCC2)c2c(Cl)cccc21. The minimum absolute atomic E-state index is 0.0275. The maximum absolute atomic E-state index is 12.4. The Morgan fingerprint density at radius 1 is 1.32 bits per heavy atom. The molecule has 22 heavy (non-hydrogen) atoms. The normalized spacial score (nSPS) is 21.7. The lowest BCUT2D eigenvalue weighted by Crippen LogP contribution is -2.33. The highest BCUT2D eigenvalue weighted by molar-refractivity contribution is 6.32. The molecule has 0 saturated heterocycles. The molecule has 0 radical (unpaired) electrons. The number of fused-ring (bicyclic) bond motifs is 1. The molecule has 1 aromatic rings. The van der Waals surface area contributed by atoms with Crippen molar-refractivity contribution in [1.82, 2.24) is 5.32 Å². The van der Waals surface area contributed by atoms with Gasteiger partial charge in [-0.3, -0.25) is 4.79 Å². The maximum atomic E-state index is 12.4. The lowest BCUT2D eigenvalue weighted by Gasteiger charge is -2.22. The summed E-state index contributed by atoms with van der Waals surface area (Å²) in [6.07, 6.45) is 6.96. The first-order valence-corrected chi connectivity index (χ1v) is 8.89. The van der Waals surface area contributed by atoms with Crippen LogP contribution in [0.15, 0.2) is 18.2 Å². The smallest absolute Gasteiger partial charge is 0.220 e. The highest BCUT2D eigenvalue weighted by Crippen LogP contribution is 2.39. The Morgan fingerprint density at radius 2 is 2.09 bits per heavy atom. The Morgan fingerprint density at radius 3 is 2.82 bits per heavy atom. The van der Waals surface area contributed by atoms with Crippen molar-refractivity contribution in [3.8, 4) is 0 Å². The van der Waals surface area contributed by atoms with Crippen LogP contribution in [0.5, 0.6) is 0 Å². The molecule has 0 aromatic heterocycles. The lowest BCUT2D eigenvalue weighted by atomic mass is 9.87. The molecule has 1 amide bonds. The highest BCUT2D eigenvalue weighted by Gasteiger charge is 2.31. The minimum atomic E-state index is 0.0275. The van der Waals surface area contributed by atoms with Gasteiger partial charge < -0.3 is 10.2 Å². The van der Waals surface area contributed by atoms with Crippen LogP contribution in [0.2, 0.25) is 5.02 Å². The van der Waals surface area contributed by atoms with Crippen molar-refractivity contribution >= 4 is 23.2 Å². The maximum Gasteiger partial charge on any atom is 0.220 e. The molecule has 1 saturated carbocycles. The van der Waals surface area contributed by atoms with Crippen molar-refractivity contribution in [1.29, 1.82) is 0 Å². The average molecular weight is 321 g/mol. The van der Waals surface area contributed by atoms with Crippen molar-refractivity contribution in [2.45, 2.75) is 51.5 Å². The molecule has 1 aliphatic heterocycles. The zero-order chi connectivity index (χ0) is 15.5. The fraction of sp³-hybridized carbons (Fsp3) is 0.611. The number of hydrogen-bond acceptors (Lipinski definition) is 2. The van der Waals surface area contributed by atoms with E-state index in [9.17, 15) is 4.79 Å². The quantitative estimate of drug-likeness (QED) is 0.896. The predicted molar refractivity (Wildman–Crippen MR) is 91.4 cm³/mol. The Kier molecular flexibility index (Phi) is 4.92. The summed E-state index contributed by atoms with van der Waals surface area (Å²) >= 11 is 6.38. The van der Waals surface area contributed by atoms with E-state index in [2.05, 4.69) is 23.2 Å². The van der Waals surface area contributed by atoms with Crippen LogP contribution >= 0.6 is 11.6 Å². The molecule has 1 aliphatic carbocycles. The number of amides is 1. The fourth-order valence-corrected chi connectivity index (χ4v) is 4.18. The van der Waals surface area contributed by atoms with Crippen molar-refractivity contribution < 1.29 is 4.79 Å². The fourth-order valence-electron chi connectivity index (χ4n) is 3.88. The zero-order valence-electron chi connectivity index (χ0n) is 13.3. The third-order valence-corrected chi connectivity index (χ3v) is 5.37. The molecule has 120 valence electrons. The van der Waals surface area contributed by atoms with Crippen LogP contribution in [0, 0.1) is 5.92 Å². The highest BCUT2D eigenvalue weighted by atomic mass is 35.5. The molecular weight excluding hydrogens is 296 g/mol. The van der Waals surface area contributed by atoms with Gasteiger partial charge in [0.25, 0.3) is 0 Å². The van der Waals surface area contributed by atoms with E-state index in [0.29, 0.717) is 12.3 Å². The molecule has 1 aromatic carbocycles. The van der Waals surface area contributed by atoms with Crippen LogP contribution in [0.3, 0.4) is 0 Å². The van der Waals surface area contributed by atoms with Gasteiger partial charge in [0.15, 0.2) is 0 Å². The van der Waals surface area contributed by atoms with Crippen molar-refractivity contribution in [2.24, 2.45) is 5.92 Å². The number of carbonyl (C=O) groups excluding carboxylic acids is 1. The van der Waals surface area contributed by atoms with Gasteiger partial charge in [0.2, 0.25) is 5.91 Å². The zero-order valence-corrected chi connectivity index (χ0v) is 14.0. The van der Waals surface area contributed by atoms with E-state index < -0.39 is 0 Å². The second-order valence-electron chi connectivity index (χ2n) is 6.54. The first kappa shape index (κ1) is 15.7. The number of anilines is 1. The van der Waals surface area contributed by atoms with Gasteiger partial charge in [0.1, 0.15) is 0 Å². The number of halogens is 1. The topological polar surface area (TPSA) is 32.3 Å². The van der Waals surface area contributed by atoms with Crippen LogP contribution in [-0.2, 0) is 4.79 Å². The summed E-state index contributed by atoms with van der Waals surface area (Å²) in [6, 6.07) is 6.02. The van der Waals surface area contributed by atoms with Gasteiger partial charge in [-0.25, -0.2) is 0 Å². The second-order valence-corrected chi connectivity index (χ2v) is 6.95. The van der Waals surface area contributed by atoms with Crippen LogP contribution < -0.4 is 10.2 Å². The van der Waals surface area contributed by atoms with Crippen molar-refractivity contribution in [3.63, 3.8) is 0 Å². The molecule has 4 heteroatoms. The van der Waals surface area contributed by atoms with Crippen LogP contribution in [0.25, 0.3) is 0 Å². The molecule has 2 aliphatic rings. The largest absolute Gasteiger partial charge is 0.369 e. The Bertz CT molecular complexity index is 540. The minimum Gasteiger partial charge on any atom is -0.369 e. The van der Waals surface area contributed by atoms with Gasteiger partial charge in [-0.15, -0.1) is 0 Å². The molecule has 1 unspecified atom stereocenters. The third-order valence-electron chi connectivity index (χ3n) is 5.04. The molecule has 0 spiro atoms. The molecule has 1 fully saturated rings. The predicted octanol–water partition coefficient (Wildman–Crippen LogP) is 4.31. The van der Waals surface area contributed by atoms with E-state index in [-0.39, 0.29) is 11.9 Å². The molecular formula is C18H25ClN2O. The Balaban J connectivity index is 1.67. The van der Waals surface area contributed by atoms with Gasteiger partial charge in [-0.2, -0.15) is 0 Å². The van der Waals surface area contributed by atoms with E-state index in [1.54, 1.807) is 0 Å². The van der Waals surface area contributed by atoms with Gasteiger partial charge in [-0.05, 0) is 37.8 Å². The van der Waals surface area contributed by atoms with Crippen molar-refractivity contribution in [3.05, 3.63) is 28.8 Å². The van der Waals surface area contributed by atoms with E-state index in [4.69, 9.17) is 11.6 Å². The summed E-state index contributed by atoms with van der Waals surface area (Å²) in [4.78, 5) is 14.7. The number of hydrogen-bond donors (Lipinski definition) is 1. The van der Waals surface area contributed by atoms with Crippen LogP contribution in [0.1, 0.15) is 57.1 Å². The molecule has 3 rings (SSSR count). The summed E-state index contributed by atoms with van der Waals surface area (Å²) < 4.78 is 0. The van der Waals surface area contributed by atoms with Gasteiger partial charge >= 0.3 is 0 Å². The lowest BCUT2D eigenvalue weighted by molar-refractivity contribution is -0.122. The Hall–Kier alpha value is -1.22.